The molecule has 1 N–H and O–H groups in total. The molecule has 0 spiro atoms. The Labute approximate surface area is 162 Å². The smallest absolute Gasteiger partial charge is 0.330 e. The van der Waals surface area contributed by atoms with E-state index in [0.29, 0.717) is 26.2 Å². The third-order valence-electron chi connectivity index (χ3n) is 3.75. The average molecular weight is 386 g/mol. The molecule has 156 valence electrons. The fourth-order valence-corrected chi connectivity index (χ4v) is 2.59. The zero-order valence-corrected chi connectivity index (χ0v) is 17.1. The minimum Gasteiger partial charge on any atom is -0.463 e. The van der Waals surface area contributed by atoms with Gasteiger partial charge in [-0.1, -0.05) is 18.2 Å². The van der Waals surface area contributed by atoms with Crippen LogP contribution in [0, 0.1) is 0 Å². The van der Waals surface area contributed by atoms with Crippen LogP contribution in [-0.4, -0.2) is 61.3 Å². The highest BCUT2D eigenvalue weighted by molar-refractivity contribution is 5.81. The summed E-state index contributed by atoms with van der Waals surface area (Å²) in [5.41, 5.74) is 0. The molecule has 27 heavy (non-hydrogen) atoms. The molecule has 0 aliphatic carbocycles. The van der Waals surface area contributed by atoms with Crippen molar-refractivity contribution < 1.29 is 33.6 Å². The van der Waals surface area contributed by atoms with Crippen molar-refractivity contribution in [2.75, 3.05) is 26.4 Å². The predicted molar refractivity (Wildman–Crippen MR) is 101 cm³/mol. The van der Waals surface area contributed by atoms with Crippen LogP contribution in [0.3, 0.4) is 0 Å². The average Bonchev–Trinajstić information content (AvgIpc) is 3.10. The molecule has 0 saturated carbocycles. The van der Waals surface area contributed by atoms with Gasteiger partial charge >= 0.3 is 5.97 Å². The second-order valence-corrected chi connectivity index (χ2v) is 7.18. The second kappa shape index (κ2) is 11.6. The van der Waals surface area contributed by atoms with Crippen molar-refractivity contribution >= 4 is 5.97 Å². The van der Waals surface area contributed by atoms with Gasteiger partial charge in [-0.25, -0.2) is 4.79 Å². The topological polar surface area (TPSA) is 83.5 Å². The van der Waals surface area contributed by atoms with E-state index in [1.54, 1.807) is 19.1 Å². The number of ether oxygens (including phenoxy) is 5. The largest absolute Gasteiger partial charge is 0.463 e. The summed E-state index contributed by atoms with van der Waals surface area (Å²) in [5, 5.41) is 8.48. The van der Waals surface area contributed by atoms with Crippen molar-refractivity contribution in [1.29, 1.82) is 0 Å². The quantitative estimate of drug-likeness (QED) is 0.409. The Hall–Kier alpha value is -1.25. The maximum atomic E-state index is 11.0. The van der Waals surface area contributed by atoms with Crippen LogP contribution >= 0.6 is 0 Å². The van der Waals surface area contributed by atoms with Gasteiger partial charge in [-0.3, -0.25) is 0 Å². The first-order valence-electron chi connectivity index (χ1n) is 9.40. The van der Waals surface area contributed by atoms with Gasteiger partial charge in [-0.15, -0.1) is 0 Å². The van der Waals surface area contributed by atoms with E-state index in [1.807, 2.05) is 33.8 Å². The Morgan fingerprint density at radius 2 is 1.52 bits per heavy atom. The minimum atomic E-state index is -0.498. The van der Waals surface area contributed by atoms with Crippen LogP contribution in [0.4, 0.5) is 0 Å². The number of aliphatic hydroxyl groups is 1. The molecule has 2 heterocycles. The van der Waals surface area contributed by atoms with Crippen LogP contribution < -0.4 is 0 Å². The number of esters is 1. The number of carbonyl (C=O) groups excluding carboxylic acids is 1. The van der Waals surface area contributed by atoms with Crippen molar-refractivity contribution in [1.82, 2.24) is 0 Å². The summed E-state index contributed by atoms with van der Waals surface area (Å²) in [5.74, 6) is -1.24. The van der Waals surface area contributed by atoms with Crippen molar-refractivity contribution in [2.45, 2.75) is 71.2 Å². The standard InChI is InChI=1S/C11H18O4.C9H16O3/c1-4-13-10(12)7-5-6-9-8-14-11(2,3)15-9;1-9(2)11-7-8(12-9)5-3-4-6-10/h5,7,9H,4,6,8H2,1-3H3;3-4,8,10H,5-7H2,1-2H3/b7-5+;4-3+/t9-;8-/m00/s1. The fraction of sp³-hybridized carbons (Fsp3) is 0.750. The molecule has 7 heteroatoms. The molecule has 0 radical (unpaired) electrons. The lowest BCUT2D eigenvalue weighted by molar-refractivity contribution is -0.138. The molecule has 2 saturated heterocycles. The molecule has 0 aromatic rings. The lowest BCUT2D eigenvalue weighted by atomic mass is 10.2. The van der Waals surface area contributed by atoms with Crippen LogP contribution in [0.25, 0.3) is 0 Å². The van der Waals surface area contributed by atoms with E-state index < -0.39 is 11.6 Å². The molecule has 2 aliphatic rings. The highest BCUT2D eigenvalue weighted by Crippen LogP contribution is 2.24. The molecule has 0 aromatic heterocycles. The molecule has 2 fully saturated rings. The first kappa shape index (κ1) is 23.8. The van der Waals surface area contributed by atoms with Crippen LogP contribution in [0.15, 0.2) is 24.3 Å². The molecular weight excluding hydrogens is 352 g/mol. The van der Waals surface area contributed by atoms with Gasteiger partial charge < -0.3 is 28.8 Å². The van der Waals surface area contributed by atoms with E-state index in [9.17, 15) is 4.79 Å². The SMILES string of the molecule is CC1(C)OC[C@H](C/C=C/CO)O1.CCOC(=O)/C=C/C[C@H]1COC(C)(C)O1. The van der Waals surface area contributed by atoms with Crippen LogP contribution in [-0.2, 0) is 28.5 Å². The molecule has 0 unspecified atom stereocenters. The number of aliphatic hydroxyl groups excluding tert-OH is 1. The van der Waals surface area contributed by atoms with E-state index in [2.05, 4.69) is 0 Å². The lowest BCUT2D eigenvalue weighted by Crippen LogP contribution is -2.21. The Bertz CT molecular complexity index is 497. The van der Waals surface area contributed by atoms with Crippen LogP contribution in [0.5, 0.6) is 0 Å². The molecule has 0 amide bonds. The third-order valence-corrected chi connectivity index (χ3v) is 3.75. The lowest BCUT2D eigenvalue weighted by Gasteiger charge is -2.16. The maximum absolute atomic E-state index is 11.0. The van der Waals surface area contributed by atoms with Gasteiger partial charge in [-0.05, 0) is 47.5 Å². The van der Waals surface area contributed by atoms with Gasteiger partial charge in [0, 0.05) is 6.08 Å². The van der Waals surface area contributed by atoms with Crippen molar-refractivity contribution in [3.05, 3.63) is 24.3 Å². The molecule has 7 nitrogen and oxygen atoms in total. The molecule has 2 aliphatic heterocycles. The van der Waals surface area contributed by atoms with Gasteiger partial charge in [0.05, 0.1) is 38.6 Å². The predicted octanol–water partition coefficient (Wildman–Crippen LogP) is 2.72. The van der Waals surface area contributed by atoms with Gasteiger partial charge in [0.1, 0.15) is 0 Å². The van der Waals surface area contributed by atoms with E-state index in [-0.39, 0.29) is 24.8 Å². The van der Waals surface area contributed by atoms with E-state index in [4.69, 9.17) is 28.8 Å². The summed E-state index contributed by atoms with van der Waals surface area (Å²) in [7, 11) is 0. The van der Waals surface area contributed by atoms with Gasteiger partial charge in [-0.2, -0.15) is 0 Å². The molecule has 0 bridgehead atoms. The Morgan fingerprint density at radius 1 is 1.00 bits per heavy atom. The molecule has 0 aromatic carbocycles. The number of rotatable bonds is 7. The zero-order chi connectivity index (χ0) is 20.3. The van der Waals surface area contributed by atoms with Gasteiger partial charge in [0.25, 0.3) is 0 Å². The molecule has 2 atom stereocenters. The summed E-state index contributed by atoms with van der Waals surface area (Å²) in [6, 6.07) is 0. The van der Waals surface area contributed by atoms with E-state index in [0.717, 1.165) is 6.42 Å². The van der Waals surface area contributed by atoms with Gasteiger partial charge in [0.2, 0.25) is 0 Å². The minimum absolute atomic E-state index is 0.0330. The number of carbonyl (C=O) groups is 1. The first-order chi connectivity index (χ1) is 12.7. The van der Waals surface area contributed by atoms with Crippen LogP contribution in [0.1, 0.15) is 47.5 Å². The third kappa shape index (κ3) is 10.6. The zero-order valence-electron chi connectivity index (χ0n) is 17.1. The summed E-state index contributed by atoms with van der Waals surface area (Å²) < 4.78 is 26.6. The van der Waals surface area contributed by atoms with Crippen molar-refractivity contribution in [2.24, 2.45) is 0 Å². The van der Waals surface area contributed by atoms with Gasteiger partial charge in [0.15, 0.2) is 11.6 Å². The number of hydrogen-bond donors (Lipinski definition) is 1. The maximum Gasteiger partial charge on any atom is 0.330 e. The van der Waals surface area contributed by atoms with E-state index in [1.165, 1.54) is 6.08 Å². The monoisotopic (exact) mass is 386 g/mol. The summed E-state index contributed by atoms with van der Waals surface area (Å²) in [6.45, 7) is 11.1. The Kier molecular flexibility index (Phi) is 10.2. The molecular formula is C20H34O7. The van der Waals surface area contributed by atoms with Crippen molar-refractivity contribution in [3.8, 4) is 0 Å². The highest BCUT2D eigenvalue weighted by Gasteiger charge is 2.32. The highest BCUT2D eigenvalue weighted by atomic mass is 16.7. The summed E-state index contributed by atoms with van der Waals surface area (Å²) in [6.07, 6.45) is 8.47. The Morgan fingerprint density at radius 3 is 1.93 bits per heavy atom. The summed E-state index contributed by atoms with van der Waals surface area (Å²) in [4.78, 5) is 11.0. The summed E-state index contributed by atoms with van der Waals surface area (Å²) >= 11 is 0. The Balaban J connectivity index is 0.000000277. The molecule has 2 rings (SSSR count). The van der Waals surface area contributed by atoms with Crippen LogP contribution in [0.2, 0.25) is 0 Å². The second-order valence-electron chi connectivity index (χ2n) is 7.18. The fourth-order valence-electron chi connectivity index (χ4n) is 2.59. The van der Waals surface area contributed by atoms with Crippen molar-refractivity contribution in [3.63, 3.8) is 0 Å². The van der Waals surface area contributed by atoms with E-state index >= 15 is 0 Å². The first-order valence-corrected chi connectivity index (χ1v) is 9.40. The normalized spacial score (nSPS) is 26.3. The number of hydrogen-bond acceptors (Lipinski definition) is 7.